The van der Waals surface area contributed by atoms with Crippen molar-refractivity contribution < 1.29 is 13.2 Å². The van der Waals surface area contributed by atoms with E-state index < -0.39 is 15.9 Å². The molecule has 0 bridgehead atoms. The summed E-state index contributed by atoms with van der Waals surface area (Å²) in [6.45, 7) is 3.83. The minimum absolute atomic E-state index is 0.00983. The molecule has 156 valence electrons. The van der Waals surface area contributed by atoms with E-state index in [1.165, 1.54) is 12.1 Å². The third-order valence-electron chi connectivity index (χ3n) is 4.77. The zero-order valence-corrected chi connectivity index (χ0v) is 17.9. The number of hydrogen-bond donors (Lipinski definition) is 2. The molecular formula is C24H21N3O3S. The molecule has 0 unspecified atom stereocenters. The number of sulfonamides is 1. The van der Waals surface area contributed by atoms with Gasteiger partial charge < -0.3 is 5.32 Å². The molecule has 0 atom stereocenters. The molecule has 1 heterocycles. The van der Waals surface area contributed by atoms with E-state index in [9.17, 15) is 13.2 Å². The molecular weight excluding hydrogens is 410 g/mol. The lowest BCUT2D eigenvalue weighted by atomic mass is 10.1. The number of benzene rings is 3. The second-order valence-electron chi connectivity index (χ2n) is 7.29. The number of aryl methyl sites for hydroxylation is 2. The first-order valence-electron chi connectivity index (χ1n) is 9.69. The number of fused-ring (bicyclic) bond motifs is 1. The number of hydrogen-bond acceptors (Lipinski definition) is 4. The molecule has 4 aromatic rings. The lowest BCUT2D eigenvalue weighted by Crippen LogP contribution is -2.16. The third-order valence-corrected chi connectivity index (χ3v) is 6.15. The Morgan fingerprint density at radius 2 is 1.65 bits per heavy atom. The van der Waals surface area contributed by atoms with Gasteiger partial charge in [-0.05, 0) is 62.4 Å². The van der Waals surface area contributed by atoms with E-state index in [1.54, 1.807) is 48.5 Å². The molecule has 0 aliphatic heterocycles. The van der Waals surface area contributed by atoms with Gasteiger partial charge in [-0.1, -0.05) is 35.9 Å². The van der Waals surface area contributed by atoms with Gasteiger partial charge in [-0.2, -0.15) is 0 Å². The predicted octanol–water partition coefficient (Wildman–Crippen LogP) is 4.90. The lowest BCUT2D eigenvalue weighted by molar-refractivity contribution is 0.102. The van der Waals surface area contributed by atoms with Gasteiger partial charge >= 0.3 is 0 Å². The van der Waals surface area contributed by atoms with Crippen molar-refractivity contribution in [2.45, 2.75) is 18.7 Å². The molecule has 0 aliphatic carbocycles. The number of carbonyl (C=O) groups is 1. The number of nitrogens with zero attached hydrogens (tertiary/aromatic N) is 1. The number of pyridine rings is 1. The zero-order valence-electron chi connectivity index (χ0n) is 17.1. The number of amides is 1. The van der Waals surface area contributed by atoms with Crippen LogP contribution in [0.4, 0.5) is 11.4 Å². The van der Waals surface area contributed by atoms with Gasteiger partial charge in [0.1, 0.15) is 0 Å². The summed E-state index contributed by atoms with van der Waals surface area (Å²) >= 11 is 0. The highest BCUT2D eigenvalue weighted by atomic mass is 32.2. The van der Waals surface area contributed by atoms with Gasteiger partial charge in [0.2, 0.25) is 0 Å². The maximum absolute atomic E-state index is 12.9. The van der Waals surface area contributed by atoms with Crippen LogP contribution in [0.25, 0.3) is 10.9 Å². The van der Waals surface area contributed by atoms with E-state index in [-0.39, 0.29) is 10.5 Å². The van der Waals surface area contributed by atoms with Crippen molar-refractivity contribution in [2.75, 3.05) is 10.0 Å². The van der Waals surface area contributed by atoms with Crippen LogP contribution in [0.1, 0.15) is 21.6 Å². The van der Waals surface area contributed by atoms with Crippen LogP contribution in [0.5, 0.6) is 0 Å². The zero-order chi connectivity index (χ0) is 22.0. The van der Waals surface area contributed by atoms with Crippen molar-refractivity contribution in [3.05, 3.63) is 95.7 Å². The molecule has 1 aromatic heterocycles. The summed E-state index contributed by atoms with van der Waals surface area (Å²) in [5, 5.41) is 3.73. The molecule has 0 saturated carbocycles. The van der Waals surface area contributed by atoms with E-state index >= 15 is 0 Å². The Morgan fingerprint density at radius 3 is 2.42 bits per heavy atom. The van der Waals surface area contributed by atoms with Crippen molar-refractivity contribution in [1.29, 1.82) is 0 Å². The van der Waals surface area contributed by atoms with Crippen molar-refractivity contribution in [1.82, 2.24) is 4.98 Å². The Kier molecular flexibility index (Phi) is 5.44. The molecule has 1 amide bonds. The fourth-order valence-electron chi connectivity index (χ4n) is 3.29. The molecule has 6 nitrogen and oxygen atoms in total. The minimum Gasteiger partial charge on any atom is -0.321 e. The number of anilines is 2. The van der Waals surface area contributed by atoms with E-state index in [4.69, 9.17) is 0 Å². The van der Waals surface area contributed by atoms with Gasteiger partial charge in [0, 0.05) is 22.3 Å². The first kappa shape index (κ1) is 20.6. The molecule has 0 aliphatic rings. The van der Waals surface area contributed by atoms with Gasteiger partial charge in [-0.25, -0.2) is 8.42 Å². The van der Waals surface area contributed by atoms with E-state index in [0.29, 0.717) is 11.4 Å². The monoisotopic (exact) mass is 431 g/mol. The summed E-state index contributed by atoms with van der Waals surface area (Å²) in [5.74, 6) is -0.398. The average molecular weight is 432 g/mol. The van der Waals surface area contributed by atoms with Crippen LogP contribution in [-0.2, 0) is 10.0 Å². The highest BCUT2D eigenvalue weighted by Gasteiger charge is 2.17. The van der Waals surface area contributed by atoms with E-state index in [1.807, 2.05) is 32.0 Å². The molecule has 0 spiro atoms. The number of nitrogens with one attached hydrogen (secondary N) is 2. The number of para-hydroxylation sites is 1. The van der Waals surface area contributed by atoms with Gasteiger partial charge in [-0.3, -0.25) is 14.5 Å². The average Bonchev–Trinajstić information content (AvgIpc) is 2.74. The molecule has 7 heteroatoms. The second-order valence-corrected chi connectivity index (χ2v) is 8.97. The SMILES string of the molecule is Cc1ccc2nc(C)cc(NC(=O)c3cccc(S(=O)(=O)Nc4ccccc4)c3)c2c1. The maximum atomic E-state index is 12.9. The Morgan fingerprint density at radius 1 is 0.871 bits per heavy atom. The number of aromatic nitrogens is 1. The van der Waals surface area contributed by atoms with Crippen molar-refractivity contribution >= 4 is 38.2 Å². The summed E-state index contributed by atoms with van der Waals surface area (Å²) in [6.07, 6.45) is 0. The maximum Gasteiger partial charge on any atom is 0.261 e. The summed E-state index contributed by atoms with van der Waals surface area (Å²) in [6, 6.07) is 22.2. The van der Waals surface area contributed by atoms with Crippen LogP contribution >= 0.6 is 0 Å². The van der Waals surface area contributed by atoms with Gasteiger partial charge in [0.15, 0.2) is 0 Å². The van der Waals surface area contributed by atoms with Gasteiger partial charge in [0.25, 0.3) is 15.9 Å². The quantitative estimate of drug-likeness (QED) is 0.470. The lowest BCUT2D eigenvalue weighted by Gasteiger charge is -2.12. The fraction of sp³-hybridized carbons (Fsp3) is 0.0833. The Hall–Kier alpha value is -3.71. The molecule has 0 fully saturated rings. The normalized spacial score (nSPS) is 11.3. The van der Waals surface area contributed by atoms with Crippen LogP contribution in [0, 0.1) is 13.8 Å². The summed E-state index contributed by atoms with van der Waals surface area (Å²) < 4.78 is 28.0. The summed E-state index contributed by atoms with van der Waals surface area (Å²) in [7, 11) is -3.83. The first-order chi connectivity index (χ1) is 14.8. The molecule has 4 rings (SSSR count). The molecule has 0 saturated heterocycles. The summed E-state index contributed by atoms with van der Waals surface area (Å²) in [5.41, 5.74) is 3.93. The topological polar surface area (TPSA) is 88.2 Å². The Labute approximate surface area is 181 Å². The van der Waals surface area contributed by atoms with Crippen LogP contribution in [0.3, 0.4) is 0 Å². The van der Waals surface area contributed by atoms with Crippen molar-refractivity contribution in [3.8, 4) is 0 Å². The highest BCUT2D eigenvalue weighted by Crippen LogP contribution is 2.25. The first-order valence-corrected chi connectivity index (χ1v) is 11.2. The third kappa shape index (κ3) is 4.57. The van der Waals surface area contributed by atoms with Crippen LogP contribution in [0.2, 0.25) is 0 Å². The standard InChI is InChI=1S/C24H21N3O3S/c1-16-11-12-22-21(13-16)23(14-17(2)25-22)26-24(28)18-7-6-10-20(15-18)31(29,30)27-19-8-4-3-5-9-19/h3-15,27H,1-2H3,(H,25,26,28). The molecule has 3 aromatic carbocycles. The van der Waals surface area contributed by atoms with Gasteiger partial charge in [-0.15, -0.1) is 0 Å². The van der Waals surface area contributed by atoms with E-state index in [0.717, 1.165) is 22.2 Å². The van der Waals surface area contributed by atoms with Crippen LogP contribution in [0.15, 0.2) is 83.8 Å². The highest BCUT2D eigenvalue weighted by molar-refractivity contribution is 7.92. The fourth-order valence-corrected chi connectivity index (χ4v) is 4.40. The van der Waals surface area contributed by atoms with Crippen LogP contribution < -0.4 is 10.0 Å². The van der Waals surface area contributed by atoms with Crippen molar-refractivity contribution in [3.63, 3.8) is 0 Å². The predicted molar refractivity (Wildman–Crippen MR) is 123 cm³/mol. The molecule has 2 N–H and O–H groups in total. The molecule has 0 radical (unpaired) electrons. The second kappa shape index (κ2) is 8.20. The number of carbonyl (C=O) groups excluding carboxylic acids is 1. The number of rotatable bonds is 5. The molecule has 31 heavy (non-hydrogen) atoms. The minimum atomic E-state index is -3.83. The summed E-state index contributed by atoms with van der Waals surface area (Å²) in [4.78, 5) is 17.5. The van der Waals surface area contributed by atoms with E-state index in [2.05, 4.69) is 15.0 Å². The Balaban J connectivity index is 1.64. The van der Waals surface area contributed by atoms with Gasteiger partial charge in [0.05, 0.1) is 16.1 Å². The van der Waals surface area contributed by atoms with Crippen molar-refractivity contribution in [2.24, 2.45) is 0 Å². The smallest absolute Gasteiger partial charge is 0.261 e. The largest absolute Gasteiger partial charge is 0.321 e. The van der Waals surface area contributed by atoms with Crippen LogP contribution in [-0.4, -0.2) is 19.3 Å². The Bertz CT molecular complexity index is 1380.